The molecule has 4 saturated carbocycles. The van der Waals surface area contributed by atoms with Crippen molar-refractivity contribution in [3.05, 3.63) is 0 Å². The molecule has 210 valence electrons. The van der Waals surface area contributed by atoms with Gasteiger partial charge in [-0.15, -0.1) is 0 Å². The Bertz CT molecular complexity index is 673. The summed E-state index contributed by atoms with van der Waals surface area (Å²) in [6.07, 6.45) is 19.6. The summed E-state index contributed by atoms with van der Waals surface area (Å²) in [5.74, 6) is 3.60. The van der Waals surface area contributed by atoms with Crippen molar-refractivity contribution in [3.63, 3.8) is 0 Å². The summed E-state index contributed by atoms with van der Waals surface area (Å²) < 4.78 is 0. The van der Waals surface area contributed by atoms with Crippen molar-refractivity contribution in [2.75, 3.05) is 19.6 Å². The van der Waals surface area contributed by atoms with Crippen molar-refractivity contribution in [2.24, 2.45) is 57.6 Å². The molecule has 4 aliphatic rings. The van der Waals surface area contributed by atoms with E-state index in [-0.39, 0.29) is 25.9 Å². The lowest BCUT2D eigenvalue weighted by Crippen LogP contribution is -2.52. The first-order valence-corrected chi connectivity index (χ1v) is 14.7. The minimum Gasteiger partial charge on any atom is -0.481 e. The number of fused-ring (bicyclic) bond motifs is 5. The molecule has 4 fully saturated rings. The fraction of sp³-hybridized carbons (Fsp3) is 0.931. The fourth-order valence-electron chi connectivity index (χ4n) is 8.66. The molecule has 0 bridgehead atoms. The molecule has 0 spiro atoms. The van der Waals surface area contributed by atoms with Gasteiger partial charge in [-0.25, -0.2) is 0 Å². The Labute approximate surface area is 219 Å². The third-order valence-corrected chi connectivity index (χ3v) is 10.5. The number of hydrogen-bond acceptors (Lipinski definition) is 5. The van der Waals surface area contributed by atoms with E-state index >= 15 is 0 Å². The molecule has 7 heteroatoms. The van der Waals surface area contributed by atoms with Crippen LogP contribution in [0.2, 0.25) is 0 Å². The smallest absolute Gasteiger partial charge is 0.304 e. The number of hydrogen-bond donors (Lipinski definition) is 5. The topological polar surface area (TPSA) is 153 Å². The van der Waals surface area contributed by atoms with E-state index in [1.165, 1.54) is 44.9 Å². The summed E-state index contributed by atoms with van der Waals surface area (Å²) in [5.41, 5.74) is 16.8. The third-order valence-electron chi connectivity index (χ3n) is 10.5. The van der Waals surface area contributed by atoms with Crippen LogP contribution in [0.25, 0.3) is 0 Å². The number of unbranched alkanes of at least 4 members (excludes halogenated alkanes) is 1. The van der Waals surface area contributed by atoms with Gasteiger partial charge in [0.2, 0.25) is 0 Å². The molecule has 4 aliphatic carbocycles. The van der Waals surface area contributed by atoms with Crippen LogP contribution in [0, 0.1) is 40.4 Å². The number of carboxylic acid groups (broad SMARTS) is 2. The molecule has 4 rings (SSSR count). The Kier molecular flexibility index (Phi) is 12.7. The molecule has 0 aromatic heterocycles. The Hall–Kier alpha value is -1.18. The van der Waals surface area contributed by atoms with E-state index in [1.807, 2.05) is 0 Å². The summed E-state index contributed by atoms with van der Waals surface area (Å²) in [6.45, 7) is 6.76. The first-order chi connectivity index (χ1) is 17.1. The van der Waals surface area contributed by atoms with Crippen LogP contribution >= 0.6 is 0 Å². The predicted molar refractivity (Wildman–Crippen MR) is 145 cm³/mol. The molecule has 0 heterocycles. The zero-order chi connectivity index (χ0) is 26.8. The van der Waals surface area contributed by atoms with Crippen LogP contribution in [0.3, 0.4) is 0 Å². The number of nitrogens with two attached hydrogens (primary N) is 3. The molecule has 0 amide bonds. The molecule has 0 saturated heterocycles. The van der Waals surface area contributed by atoms with Crippen LogP contribution in [0.15, 0.2) is 0 Å². The van der Waals surface area contributed by atoms with Crippen LogP contribution < -0.4 is 17.2 Å². The zero-order valence-corrected chi connectivity index (χ0v) is 23.1. The van der Waals surface area contributed by atoms with E-state index in [1.54, 1.807) is 38.5 Å². The van der Waals surface area contributed by atoms with E-state index in [2.05, 4.69) is 13.8 Å². The molecule has 7 unspecified atom stereocenters. The van der Waals surface area contributed by atoms with E-state index in [4.69, 9.17) is 27.4 Å². The summed E-state index contributed by atoms with van der Waals surface area (Å²) in [7, 11) is 0. The molecule has 8 N–H and O–H groups in total. The quantitative estimate of drug-likeness (QED) is 0.288. The van der Waals surface area contributed by atoms with Gasteiger partial charge in [0.05, 0.1) is 12.8 Å². The summed E-state index contributed by atoms with van der Waals surface area (Å²) in [6, 6.07) is 0. The van der Waals surface area contributed by atoms with Crippen LogP contribution in [0.1, 0.15) is 110 Å². The third kappa shape index (κ3) is 7.67. The maximum atomic E-state index is 9.52. The average molecular weight is 510 g/mol. The van der Waals surface area contributed by atoms with Crippen molar-refractivity contribution in [1.29, 1.82) is 0 Å². The van der Waals surface area contributed by atoms with Gasteiger partial charge in [0.15, 0.2) is 0 Å². The minimum atomic E-state index is -0.836. The predicted octanol–water partition coefficient (Wildman–Crippen LogP) is 5.00. The van der Waals surface area contributed by atoms with Gasteiger partial charge in [-0.05, 0) is 111 Å². The Morgan fingerprint density at radius 3 is 1.92 bits per heavy atom. The van der Waals surface area contributed by atoms with Gasteiger partial charge >= 0.3 is 11.9 Å². The molecule has 36 heavy (non-hydrogen) atoms. The van der Waals surface area contributed by atoms with Crippen LogP contribution in [0.4, 0.5) is 0 Å². The summed E-state index contributed by atoms with van der Waals surface area (Å²) in [4.78, 5) is 19.0. The Morgan fingerprint density at radius 1 is 0.722 bits per heavy atom. The van der Waals surface area contributed by atoms with Gasteiger partial charge in [-0.2, -0.15) is 0 Å². The number of carboxylic acids is 2. The largest absolute Gasteiger partial charge is 0.481 e. The van der Waals surface area contributed by atoms with Crippen molar-refractivity contribution in [3.8, 4) is 0 Å². The first kappa shape index (κ1) is 31.0. The number of aliphatic carboxylic acids is 2. The molecule has 7 atom stereocenters. The van der Waals surface area contributed by atoms with Crippen molar-refractivity contribution >= 4 is 11.9 Å². The minimum absolute atomic E-state index is 0.0694. The lowest BCUT2D eigenvalue weighted by Gasteiger charge is -2.60. The van der Waals surface area contributed by atoms with E-state index in [0.29, 0.717) is 10.8 Å². The summed E-state index contributed by atoms with van der Waals surface area (Å²) in [5, 5.41) is 15.7. The second-order valence-electron chi connectivity index (χ2n) is 12.4. The van der Waals surface area contributed by atoms with Crippen molar-refractivity contribution in [1.82, 2.24) is 0 Å². The fourth-order valence-corrected chi connectivity index (χ4v) is 8.66. The SMILES string of the molecule is CC12CCCCC1CCC1C2CCC2(C)C(CCCCN)CCC12.NCCC(=O)O.NCCC(=O)O. The van der Waals surface area contributed by atoms with Gasteiger partial charge in [0.1, 0.15) is 0 Å². The van der Waals surface area contributed by atoms with Gasteiger partial charge in [-0.1, -0.05) is 33.1 Å². The standard InChI is InChI=1S/C23H41N.2C3H7NO2/c1-22-14-5-3-7-17(22)9-11-19-20-12-10-18(8-4-6-16-24)23(20,2)15-13-21(19)22;2*4-2-1-3(5)6/h17-21H,3-16,24H2,1-2H3;2*1-2,4H2,(H,5,6). The van der Waals surface area contributed by atoms with Gasteiger partial charge in [0.25, 0.3) is 0 Å². The Balaban J connectivity index is 0.000000319. The lowest BCUT2D eigenvalue weighted by atomic mass is 9.45. The Morgan fingerprint density at radius 2 is 1.36 bits per heavy atom. The average Bonchev–Trinajstić information content (AvgIpc) is 3.16. The second kappa shape index (κ2) is 14.7. The monoisotopic (exact) mass is 509 g/mol. The van der Waals surface area contributed by atoms with Gasteiger partial charge in [0, 0.05) is 13.1 Å². The van der Waals surface area contributed by atoms with E-state index in [9.17, 15) is 9.59 Å². The van der Waals surface area contributed by atoms with Crippen LogP contribution in [-0.4, -0.2) is 41.8 Å². The first-order valence-electron chi connectivity index (χ1n) is 14.7. The highest BCUT2D eigenvalue weighted by atomic mass is 16.4. The zero-order valence-electron chi connectivity index (χ0n) is 23.1. The number of rotatable bonds is 8. The van der Waals surface area contributed by atoms with Gasteiger partial charge < -0.3 is 27.4 Å². The van der Waals surface area contributed by atoms with Crippen molar-refractivity contribution < 1.29 is 19.8 Å². The van der Waals surface area contributed by atoms with Crippen LogP contribution in [0.5, 0.6) is 0 Å². The summed E-state index contributed by atoms with van der Waals surface area (Å²) >= 11 is 0. The highest BCUT2D eigenvalue weighted by Gasteiger charge is 2.59. The molecule has 0 aromatic rings. The molecular formula is C29H55N3O4. The second-order valence-corrected chi connectivity index (χ2v) is 12.4. The van der Waals surface area contributed by atoms with Crippen LogP contribution in [-0.2, 0) is 9.59 Å². The normalized spacial score (nSPS) is 36.6. The molecular weight excluding hydrogens is 454 g/mol. The van der Waals surface area contributed by atoms with E-state index in [0.717, 1.165) is 36.1 Å². The lowest BCUT2D eigenvalue weighted by molar-refractivity contribution is -0.137. The molecule has 0 radical (unpaired) electrons. The maximum absolute atomic E-state index is 9.52. The molecule has 0 aromatic carbocycles. The van der Waals surface area contributed by atoms with Gasteiger partial charge in [-0.3, -0.25) is 9.59 Å². The van der Waals surface area contributed by atoms with E-state index < -0.39 is 11.9 Å². The molecule has 7 nitrogen and oxygen atoms in total. The van der Waals surface area contributed by atoms with Crippen molar-refractivity contribution in [2.45, 2.75) is 110 Å². The highest BCUT2D eigenvalue weighted by molar-refractivity contribution is 5.67. The maximum Gasteiger partial charge on any atom is 0.304 e. The molecule has 0 aliphatic heterocycles. The number of carbonyl (C=O) groups is 2. The highest BCUT2D eigenvalue weighted by Crippen LogP contribution is 2.67.